The average Bonchev–Trinajstić information content (AvgIpc) is 2.80. The number of hydrogen-bond acceptors (Lipinski definition) is 4. The molecule has 0 aromatic heterocycles. The number of para-hydroxylation sites is 2. The van der Waals surface area contributed by atoms with E-state index in [2.05, 4.69) is 60.2 Å². The first-order valence-electron chi connectivity index (χ1n) is 11.6. The van der Waals surface area contributed by atoms with Crippen LogP contribution in [0.15, 0.2) is 48.5 Å². The lowest BCUT2D eigenvalue weighted by molar-refractivity contribution is 0.180. The van der Waals surface area contributed by atoms with E-state index in [0.29, 0.717) is 18.0 Å². The van der Waals surface area contributed by atoms with Crippen LogP contribution in [0.4, 0.5) is 16.2 Å². The molecule has 2 aromatic carbocycles. The normalized spacial score (nSPS) is 11.8. The predicted molar refractivity (Wildman–Crippen MR) is 135 cm³/mol. The van der Waals surface area contributed by atoms with Gasteiger partial charge in [-0.15, -0.1) is 0 Å². The summed E-state index contributed by atoms with van der Waals surface area (Å²) in [4.78, 5) is 19.8. The fraction of sp³-hybridized carbons (Fsp3) is 0.500. The maximum atomic E-state index is 13.4. The molecule has 0 radical (unpaired) electrons. The van der Waals surface area contributed by atoms with Gasteiger partial charge in [0.1, 0.15) is 5.75 Å². The van der Waals surface area contributed by atoms with Crippen LogP contribution >= 0.6 is 0 Å². The molecule has 2 amide bonds. The van der Waals surface area contributed by atoms with Crippen molar-refractivity contribution < 1.29 is 9.53 Å². The minimum absolute atomic E-state index is 0.105. The van der Waals surface area contributed by atoms with Crippen LogP contribution in [0.1, 0.15) is 39.2 Å². The Hall–Kier alpha value is -2.73. The highest BCUT2D eigenvalue weighted by atomic mass is 16.5. The molecule has 0 aliphatic heterocycles. The summed E-state index contributed by atoms with van der Waals surface area (Å²) < 4.78 is 5.41. The highest BCUT2D eigenvalue weighted by Crippen LogP contribution is 2.25. The lowest BCUT2D eigenvalue weighted by Crippen LogP contribution is -2.41. The number of anilines is 2. The van der Waals surface area contributed by atoms with E-state index in [-0.39, 0.29) is 12.1 Å². The Kier molecular flexibility index (Phi) is 10.3. The summed E-state index contributed by atoms with van der Waals surface area (Å²) in [7, 11) is 5.67. The van der Waals surface area contributed by atoms with Gasteiger partial charge >= 0.3 is 6.03 Å². The second-order valence-electron chi connectivity index (χ2n) is 8.34. The van der Waals surface area contributed by atoms with Gasteiger partial charge in [-0.2, -0.15) is 0 Å². The van der Waals surface area contributed by atoms with E-state index in [1.54, 1.807) is 7.11 Å². The van der Waals surface area contributed by atoms with Gasteiger partial charge in [-0.3, -0.25) is 0 Å². The summed E-state index contributed by atoms with van der Waals surface area (Å²) in [5.41, 5.74) is 2.94. The van der Waals surface area contributed by atoms with E-state index in [1.807, 2.05) is 43.3 Å². The Morgan fingerprint density at radius 1 is 1.03 bits per heavy atom. The van der Waals surface area contributed by atoms with Gasteiger partial charge in [0.05, 0.1) is 12.8 Å². The van der Waals surface area contributed by atoms with Crippen molar-refractivity contribution in [1.82, 2.24) is 9.80 Å². The first-order valence-corrected chi connectivity index (χ1v) is 11.6. The van der Waals surface area contributed by atoms with E-state index >= 15 is 0 Å². The molecule has 32 heavy (non-hydrogen) atoms. The molecule has 0 heterocycles. The smallest absolute Gasteiger partial charge is 0.322 e. The molecule has 1 N–H and O–H groups in total. The summed E-state index contributed by atoms with van der Waals surface area (Å²) in [5.74, 6) is 0.658. The van der Waals surface area contributed by atoms with E-state index in [9.17, 15) is 4.79 Å². The standard InChI is InChI=1S/C26H40N4O2/c1-7-29(8-2)19-11-12-21(3)30(20-22-15-17-23(18-16-22)28(4)5)26(31)27-24-13-9-10-14-25(24)32-6/h9-10,13-18,21H,7-8,11-12,19-20H2,1-6H3,(H,27,31). The number of amides is 2. The molecular formula is C26H40N4O2. The van der Waals surface area contributed by atoms with Gasteiger partial charge in [-0.25, -0.2) is 4.79 Å². The summed E-state index contributed by atoms with van der Waals surface area (Å²) in [6, 6.07) is 15.9. The van der Waals surface area contributed by atoms with Crippen LogP contribution in [0.2, 0.25) is 0 Å². The number of urea groups is 1. The van der Waals surface area contributed by atoms with Crippen molar-refractivity contribution >= 4 is 17.4 Å². The molecular weight excluding hydrogens is 400 g/mol. The fourth-order valence-corrected chi connectivity index (χ4v) is 3.76. The van der Waals surface area contributed by atoms with Crippen molar-refractivity contribution in [3.63, 3.8) is 0 Å². The van der Waals surface area contributed by atoms with Gasteiger partial charge < -0.3 is 24.8 Å². The summed E-state index contributed by atoms with van der Waals surface area (Å²) in [5, 5.41) is 3.06. The molecule has 6 heteroatoms. The van der Waals surface area contributed by atoms with E-state index < -0.39 is 0 Å². The lowest BCUT2D eigenvalue weighted by Gasteiger charge is -2.31. The van der Waals surface area contributed by atoms with Gasteiger partial charge in [0.2, 0.25) is 0 Å². The quantitative estimate of drug-likeness (QED) is 0.486. The summed E-state index contributed by atoms with van der Waals surface area (Å²) in [6.07, 6.45) is 2.01. The Bertz CT molecular complexity index is 819. The van der Waals surface area contributed by atoms with Crippen LogP contribution in [0.5, 0.6) is 5.75 Å². The topological polar surface area (TPSA) is 48.0 Å². The van der Waals surface area contributed by atoms with Gasteiger partial charge in [0.25, 0.3) is 0 Å². The molecule has 1 unspecified atom stereocenters. The zero-order chi connectivity index (χ0) is 23.5. The maximum absolute atomic E-state index is 13.4. The predicted octanol–water partition coefficient (Wildman–Crippen LogP) is 5.31. The lowest BCUT2D eigenvalue weighted by atomic mass is 10.1. The number of rotatable bonds is 12. The minimum atomic E-state index is -0.110. The van der Waals surface area contributed by atoms with Crippen LogP contribution in [0.3, 0.4) is 0 Å². The van der Waals surface area contributed by atoms with Crippen LogP contribution < -0.4 is 15.0 Å². The maximum Gasteiger partial charge on any atom is 0.322 e. The molecule has 2 rings (SSSR count). The summed E-state index contributed by atoms with van der Waals surface area (Å²) in [6.45, 7) is 10.2. The third-order valence-corrected chi connectivity index (χ3v) is 5.94. The molecule has 0 spiro atoms. The average molecular weight is 441 g/mol. The van der Waals surface area contributed by atoms with Gasteiger partial charge in [0, 0.05) is 32.4 Å². The SMILES string of the molecule is CCN(CC)CCCC(C)N(Cc1ccc(N(C)C)cc1)C(=O)Nc1ccccc1OC. The largest absolute Gasteiger partial charge is 0.495 e. The molecule has 0 fully saturated rings. The molecule has 0 aliphatic carbocycles. The van der Waals surface area contributed by atoms with Gasteiger partial charge in [-0.05, 0) is 69.2 Å². The molecule has 2 aromatic rings. The van der Waals surface area contributed by atoms with E-state index in [0.717, 1.165) is 43.7 Å². The van der Waals surface area contributed by atoms with Crippen LogP contribution in [0.25, 0.3) is 0 Å². The molecule has 0 aliphatic rings. The monoisotopic (exact) mass is 440 g/mol. The number of benzene rings is 2. The zero-order valence-electron chi connectivity index (χ0n) is 20.6. The Morgan fingerprint density at radius 2 is 1.69 bits per heavy atom. The fourth-order valence-electron chi connectivity index (χ4n) is 3.76. The first-order chi connectivity index (χ1) is 15.4. The molecule has 0 bridgehead atoms. The third kappa shape index (κ3) is 7.45. The van der Waals surface area contributed by atoms with Crippen molar-refractivity contribution in [1.29, 1.82) is 0 Å². The van der Waals surface area contributed by atoms with Gasteiger partial charge in [-0.1, -0.05) is 38.1 Å². The number of ether oxygens (including phenoxy) is 1. The first kappa shape index (κ1) is 25.5. The van der Waals surface area contributed by atoms with Crippen molar-refractivity contribution in [3.8, 4) is 5.75 Å². The van der Waals surface area contributed by atoms with Crippen molar-refractivity contribution in [2.75, 3.05) is 51.1 Å². The van der Waals surface area contributed by atoms with Gasteiger partial charge in [0.15, 0.2) is 0 Å². The molecule has 176 valence electrons. The van der Waals surface area contributed by atoms with E-state index in [4.69, 9.17) is 4.74 Å². The van der Waals surface area contributed by atoms with Crippen LogP contribution in [0, 0.1) is 0 Å². The zero-order valence-corrected chi connectivity index (χ0v) is 20.6. The second-order valence-corrected chi connectivity index (χ2v) is 8.34. The van der Waals surface area contributed by atoms with Crippen LogP contribution in [-0.2, 0) is 6.54 Å². The number of hydrogen-bond donors (Lipinski definition) is 1. The molecule has 1 atom stereocenters. The Balaban J connectivity index is 2.15. The number of methoxy groups -OCH3 is 1. The number of carbonyl (C=O) groups is 1. The summed E-state index contributed by atoms with van der Waals surface area (Å²) >= 11 is 0. The van der Waals surface area contributed by atoms with Crippen molar-refractivity contribution in [2.45, 2.75) is 46.2 Å². The number of carbonyl (C=O) groups excluding carboxylic acids is 1. The Labute approximate surface area is 194 Å². The highest BCUT2D eigenvalue weighted by molar-refractivity contribution is 5.91. The highest BCUT2D eigenvalue weighted by Gasteiger charge is 2.22. The molecule has 0 saturated heterocycles. The van der Waals surface area contributed by atoms with E-state index in [1.165, 1.54) is 0 Å². The minimum Gasteiger partial charge on any atom is -0.495 e. The Morgan fingerprint density at radius 3 is 2.28 bits per heavy atom. The molecule has 6 nitrogen and oxygen atoms in total. The second kappa shape index (κ2) is 13.0. The third-order valence-electron chi connectivity index (χ3n) is 5.94. The number of nitrogens with one attached hydrogen (secondary N) is 1. The number of nitrogens with zero attached hydrogens (tertiary/aromatic N) is 3. The van der Waals surface area contributed by atoms with Crippen molar-refractivity contribution in [3.05, 3.63) is 54.1 Å². The van der Waals surface area contributed by atoms with Crippen LogP contribution in [-0.4, -0.2) is 62.7 Å². The van der Waals surface area contributed by atoms with Crippen molar-refractivity contribution in [2.24, 2.45) is 0 Å². The molecule has 0 saturated carbocycles.